The van der Waals surface area contributed by atoms with Gasteiger partial charge in [0, 0.05) is 0 Å². The van der Waals surface area contributed by atoms with E-state index in [0.29, 0.717) is 25.6 Å². The van der Waals surface area contributed by atoms with Crippen molar-refractivity contribution in [3.05, 3.63) is 137 Å². The van der Waals surface area contributed by atoms with Crippen LogP contribution in [0.5, 0.6) is 5.75 Å². The predicted octanol–water partition coefficient (Wildman–Crippen LogP) is 6.16. The third-order valence-corrected chi connectivity index (χ3v) is 7.22. The normalized spacial score (nSPS) is 22.4. The van der Waals surface area contributed by atoms with Crippen LogP contribution >= 0.6 is 0 Å². The highest BCUT2D eigenvalue weighted by Gasteiger charge is 2.48. The van der Waals surface area contributed by atoms with Crippen molar-refractivity contribution in [3.63, 3.8) is 0 Å². The lowest BCUT2D eigenvalue weighted by molar-refractivity contribution is -0.299. The predicted molar refractivity (Wildman–Crippen MR) is 157 cm³/mol. The first-order chi connectivity index (χ1) is 20.1. The standard InChI is InChI=1S/C35H38O6/c1-25-13-12-14-26(2)32(25)41-35-31(36)34(39-23-29-19-10-5-11-20-29)33(38-22-28-17-8-4-9-18-28)30(40-35)24-37-21-27-15-6-3-7-16-27/h3-20,30-31,33-36H,21-24H2,1-2H3/t30-,31-,33-,34-,35-/m1/s1. The molecule has 0 amide bonds. The van der Waals surface area contributed by atoms with Crippen molar-refractivity contribution < 1.29 is 28.8 Å². The van der Waals surface area contributed by atoms with Gasteiger partial charge >= 0.3 is 0 Å². The maximum atomic E-state index is 11.6. The van der Waals surface area contributed by atoms with Crippen molar-refractivity contribution in [3.8, 4) is 5.75 Å². The number of hydrogen-bond donors (Lipinski definition) is 1. The van der Waals surface area contributed by atoms with Crippen molar-refractivity contribution in [2.45, 2.75) is 64.4 Å². The van der Waals surface area contributed by atoms with Crippen molar-refractivity contribution in [1.29, 1.82) is 0 Å². The van der Waals surface area contributed by atoms with Crippen LogP contribution < -0.4 is 4.74 Å². The highest BCUT2D eigenvalue weighted by molar-refractivity contribution is 5.40. The molecule has 5 rings (SSSR count). The van der Waals surface area contributed by atoms with Gasteiger partial charge < -0.3 is 28.8 Å². The Balaban J connectivity index is 1.40. The SMILES string of the molecule is Cc1cccc(C)c1O[C@H]1O[C@H](COCc2ccccc2)[C@@H](OCc2ccccc2)[C@H](OCc2ccccc2)[C@H]1O. The van der Waals surface area contributed by atoms with E-state index in [-0.39, 0.29) is 6.61 Å². The van der Waals surface area contributed by atoms with Crippen LogP contribution in [0.2, 0.25) is 0 Å². The molecule has 0 radical (unpaired) electrons. The number of aliphatic hydroxyl groups excluding tert-OH is 1. The molecule has 1 fully saturated rings. The number of aliphatic hydroxyl groups is 1. The Bertz CT molecular complexity index is 1310. The van der Waals surface area contributed by atoms with E-state index in [4.69, 9.17) is 23.7 Å². The summed E-state index contributed by atoms with van der Waals surface area (Å²) in [5.74, 6) is 0.686. The van der Waals surface area contributed by atoms with Crippen molar-refractivity contribution >= 4 is 0 Å². The van der Waals surface area contributed by atoms with Gasteiger partial charge in [0.2, 0.25) is 6.29 Å². The van der Waals surface area contributed by atoms with E-state index in [1.54, 1.807) is 0 Å². The van der Waals surface area contributed by atoms with Crippen LogP contribution in [0.1, 0.15) is 27.8 Å². The van der Waals surface area contributed by atoms with Crippen LogP contribution in [0.25, 0.3) is 0 Å². The Hall–Kier alpha value is -3.52. The highest BCUT2D eigenvalue weighted by atomic mass is 16.7. The molecule has 1 N–H and O–H groups in total. The molecule has 0 saturated carbocycles. The lowest BCUT2D eigenvalue weighted by atomic mass is 9.98. The van der Waals surface area contributed by atoms with Gasteiger partial charge in [0.1, 0.15) is 30.2 Å². The van der Waals surface area contributed by atoms with Gasteiger partial charge in [0.05, 0.1) is 26.4 Å². The van der Waals surface area contributed by atoms with Crippen LogP contribution in [0.4, 0.5) is 0 Å². The number of ether oxygens (including phenoxy) is 5. The second-order valence-corrected chi connectivity index (χ2v) is 10.4. The fourth-order valence-electron chi connectivity index (χ4n) is 5.02. The van der Waals surface area contributed by atoms with E-state index in [1.165, 1.54) is 0 Å². The van der Waals surface area contributed by atoms with E-state index >= 15 is 0 Å². The third-order valence-electron chi connectivity index (χ3n) is 7.22. The molecule has 0 unspecified atom stereocenters. The van der Waals surface area contributed by atoms with Gasteiger partial charge in [-0.15, -0.1) is 0 Å². The lowest BCUT2D eigenvalue weighted by Gasteiger charge is -2.44. The summed E-state index contributed by atoms with van der Waals surface area (Å²) in [6.07, 6.45) is -3.97. The summed E-state index contributed by atoms with van der Waals surface area (Å²) in [7, 11) is 0. The minimum Gasteiger partial charge on any atom is -0.461 e. The number of aryl methyl sites for hydroxylation is 2. The fraction of sp³-hybridized carbons (Fsp3) is 0.314. The Kier molecular flexibility index (Phi) is 10.2. The molecular weight excluding hydrogens is 516 g/mol. The van der Waals surface area contributed by atoms with Gasteiger partial charge in [-0.2, -0.15) is 0 Å². The molecule has 0 bridgehead atoms. The van der Waals surface area contributed by atoms with Gasteiger partial charge in [-0.3, -0.25) is 0 Å². The smallest absolute Gasteiger partial charge is 0.229 e. The molecule has 1 heterocycles. The molecular formula is C35H38O6. The Morgan fingerprint density at radius 2 is 1.10 bits per heavy atom. The van der Waals surface area contributed by atoms with Crippen molar-refractivity contribution in [1.82, 2.24) is 0 Å². The second kappa shape index (κ2) is 14.4. The van der Waals surface area contributed by atoms with Crippen LogP contribution in [0.15, 0.2) is 109 Å². The molecule has 4 aromatic carbocycles. The molecule has 41 heavy (non-hydrogen) atoms. The van der Waals surface area contributed by atoms with Crippen LogP contribution in [-0.4, -0.2) is 42.4 Å². The van der Waals surface area contributed by atoms with Gasteiger partial charge in [-0.25, -0.2) is 0 Å². The Labute approximate surface area is 242 Å². The zero-order chi connectivity index (χ0) is 28.4. The number of benzene rings is 4. The third kappa shape index (κ3) is 7.82. The number of rotatable bonds is 12. The monoisotopic (exact) mass is 554 g/mol. The van der Waals surface area contributed by atoms with Crippen LogP contribution in [-0.2, 0) is 38.8 Å². The van der Waals surface area contributed by atoms with E-state index in [9.17, 15) is 5.11 Å². The summed E-state index contributed by atoms with van der Waals surface area (Å²) < 4.78 is 31.8. The lowest BCUT2D eigenvalue weighted by Crippen LogP contribution is -2.61. The average Bonchev–Trinajstić information content (AvgIpc) is 3.00. The molecule has 214 valence electrons. The molecule has 6 heteroatoms. The first-order valence-electron chi connectivity index (χ1n) is 14.1. The molecule has 0 spiro atoms. The largest absolute Gasteiger partial charge is 0.461 e. The van der Waals surface area contributed by atoms with Gasteiger partial charge in [0.25, 0.3) is 0 Å². The Morgan fingerprint density at radius 3 is 1.63 bits per heavy atom. The van der Waals surface area contributed by atoms with E-state index in [2.05, 4.69) is 0 Å². The summed E-state index contributed by atoms with van der Waals surface area (Å²) >= 11 is 0. The molecule has 0 aliphatic carbocycles. The minimum absolute atomic E-state index is 0.235. The molecule has 5 atom stereocenters. The van der Waals surface area contributed by atoms with Gasteiger partial charge in [-0.05, 0) is 41.7 Å². The highest BCUT2D eigenvalue weighted by Crippen LogP contribution is 2.32. The molecule has 1 aliphatic rings. The maximum absolute atomic E-state index is 11.6. The molecule has 6 nitrogen and oxygen atoms in total. The van der Waals surface area contributed by atoms with E-state index in [1.807, 2.05) is 123 Å². The maximum Gasteiger partial charge on any atom is 0.229 e. The minimum atomic E-state index is -1.11. The zero-order valence-corrected chi connectivity index (χ0v) is 23.6. The molecule has 1 aliphatic heterocycles. The zero-order valence-electron chi connectivity index (χ0n) is 23.6. The Morgan fingerprint density at radius 1 is 0.610 bits per heavy atom. The van der Waals surface area contributed by atoms with Crippen LogP contribution in [0.3, 0.4) is 0 Å². The van der Waals surface area contributed by atoms with Gasteiger partial charge in [0.15, 0.2) is 0 Å². The first kappa shape index (κ1) is 29.0. The van der Waals surface area contributed by atoms with Crippen molar-refractivity contribution in [2.75, 3.05) is 6.61 Å². The number of hydrogen-bond acceptors (Lipinski definition) is 6. The van der Waals surface area contributed by atoms with Crippen molar-refractivity contribution in [2.24, 2.45) is 0 Å². The summed E-state index contributed by atoms with van der Waals surface area (Å²) in [5.41, 5.74) is 4.99. The topological polar surface area (TPSA) is 66.4 Å². The van der Waals surface area contributed by atoms with Gasteiger partial charge in [-0.1, -0.05) is 109 Å². The summed E-state index contributed by atoms with van der Waals surface area (Å²) in [6.45, 7) is 5.26. The van der Waals surface area contributed by atoms with E-state index in [0.717, 1.165) is 27.8 Å². The molecule has 1 saturated heterocycles. The summed E-state index contributed by atoms with van der Waals surface area (Å²) in [6, 6.07) is 35.8. The van der Waals surface area contributed by atoms with E-state index < -0.39 is 30.7 Å². The molecule has 4 aromatic rings. The summed E-state index contributed by atoms with van der Waals surface area (Å²) in [5, 5.41) is 11.6. The number of para-hydroxylation sites is 1. The second-order valence-electron chi connectivity index (χ2n) is 10.4. The quantitative estimate of drug-likeness (QED) is 0.226. The average molecular weight is 555 g/mol. The molecule has 0 aromatic heterocycles. The summed E-state index contributed by atoms with van der Waals surface area (Å²) in [4.78, 5) is 0. The fourth-order valence-corrected chi connectivity index (χ4v) is 5.02. The van der Waals surface area contributed by atoms with Crippen LogP contribution in [0, 0.1) is 13.8 Å². The first-order valence-corrected chi connectivity index (χ1v) is 14.1.